The molecule has 1 amide bonds. The monoisotopic (exact) mass is 373 g/mol. The number of amides is 1. The highest BCUT2D eigenvalue weighted by atomic mass is 79.9. The number of nitrogens with zero attached hydrogens (tertiary/aromatic N) is 1. The molecule has 0 aliphatic carbocycles. The van der Waals surface area contributed by atoms with Gasteiger partial charge in [-0.2, -0.15) is 0 Å². The van der Waals surface area contributed by atoms with Crippen LogP contribution in [0.5, 0.6) is 5.75 Å². The fourth-order valence-corrected chi connectivity index (χ4v) is 2.72. The lowest BCUT2D eigenvalue weighted by atomic mass is 10.1. The molecule has 1 fully saturated rings. The van der Waals surface area contributed by atoms with E-state index in [-0.39, 0.29) is 18.0 Å². The fraction of sp³-hybridized carbons (Fsp3) is 0.562. The second kappa shape index (κ2) is 6.86. The van der Waals surface area contributed by atoms with Crippen molar-refractivity contribution in [2.75, 3.05) is 13.1 Å². The first kappa shape index (κ1) is 17.1. The molecule has 1 aliphatic heterocycles. The quantitative estimate of drug-likeness (QED) is 0.772. The van der Waals surface area contributed by atoms with E-state index in [1.165, 1.54) is 12.1 Å². The van der Waals surface area contributed by atoms with Crippen molar-refractivity contribution in [3.05, 3.63) is 28.5 Å². The van der Waals surface area contributed by atoms with E-state index >= 15 is 0 Å². The molecular formula is C16H21BrFNO3. The minimum absolute atomic E-state index is 0.122. The van der Waals surface area contributed by atoms with E-state index in [1.54, 1.807) is 11.0 Å². The van der Waals surface area contributed by atoms with Crippen LogP contribution in [0, 0.1) is 5.82 Å². The highest BCUT2D eigenvalue weighted by Crippen LogP contribution is 2.28. The van der Waals surface area contributed by atoms with Crippen LogP contribution in [0.15, 0.2) is 22.7 Å². The zero-order valence-corrected chi connectivity index (χ0v) is 14.7. The summed E-state index contributed by atoms with van der Waals surface area (Å²) >= 11 is 3.29. The van der Waals surface area contributed by atoms with Gasteiger partial charge in [0.25, 0.3) is 0 Å². The molecule has 1 aromatic rings. The average Bonchev–Trinajstić information content (AvgIpc) is 2.40. The third-order valence-corrected chi connectivity index (χ3v) is 3.84. The number of piperidine rings is 1. The average molecular weight is 374 g/mol. The second-order valence-electron chi connectivity index (χ2n) is 6.38. The van der Waals surface area contributed by atoms with E-state index in [0.717, 1.165) is 12.8 Å². The van der Waals surface area contributed by atoms with Gasteiger partial charge in [-0.1, -0.05) is 0 Å². The van der Waals surface area contributed by atoms with Crippen LogP contribution in [0.1, 0.15) is 33.6 Å². The number of rotatable bonds is 2. The van der Waals surface area contributed by atoms with Gasteiger partial charge in [-0.15, -0.1) is 0 Å². The van der Waals surface area contributed by atoms with E-state index in [4.69, 9.17) is 9.47 Å². The Bertz CT molecular complexity index is 545. The van der Waals surface area contributed by atoms with Gasteiger partial charge in [-0.3, -0.25) is 0 Å². The Kier molecular flexibility index (Phi) is 5.32. The van der Waals surface area contributed by atoms with Gasteiger partial charge in [-0.25, -0.2) is 9.18 Å². The van der Waals surface area contributed by atoms with Crippen molar-refractivity contribution < 1.29 is 18.7 Å². The Morgan fingerprint density at radius 2 is 2.14 bits per heavy atom. The number of hydrogen-bond acceptors (Lipinski definition) is 3. The third-order valence-electron chi connectivity index (χ3n) is 3.22. The topological polar surface area (TPSA) is 38.8 Å². The molecule has 122 valence electrons. The van der Waals surface area contributed by atoms with Gasteiger partial charge in [0.05, 0.1) is 11.0 Å². The van der Waals surface area contributed by atoms with Gasteiger partial charge in [0.1, 0.15) is 23.3 Å². The van der Waals surface area contributed by atoms with Crippen molar-refractivity contribution in [3.63, 3.8) is 0 Å². The molecule has 4 nitrogen and oxygen atoms in total. The van der Waals surface area contributed by atoms with Crippen LogP contribution in [0.3, 0.4) is 0 Å². The summed E-state index contributed by atoms with van der Waals surface area (Å²) in [6.45, 7) is 6.67. The van der Waals surface area contributed by atoms with Crippen molar-refractivity contribution >= 4 is 22.0 Å². The molecule has 1 atom stereocenters. The van der Waals surface area contributed by atoms with Gasteiger partial charge in [0, 0.05) is 6.54 Å². The van der Waals surface area contributed by atoms with Crippen LogP contribution < -0.4 is 4.74 Å². The smallest absolute Gasteiger partial charge is 0.410 e. The zero-order valence-electron chi connectivity index (χ0n) is 13.1. The van der Waals surface area contributed by atoms with Gasteiger partial charge in [0.15, 0.2) is 0 Å². The minimum Gasteiger partial charge on any atom is -0.487 e. The maximum atomic E-state index is 13.1. The summed E-state index contributed by atoms with van der Waals surface area (Å²) in [6, 6.07) is 4.31. The molecule has 1 saturated heterocycles. The van der Waals surface area contributed by atoms with Crippen LogP contribution >= 0.6 is 15.9 Å². The Morgan fingerprint density at radius 3 is 2.77 bits per heavy atom. The number of carbonyl (C=O) groups excluding carboxylic acids is 1. The number of carbonyl (C=O) groups is 1. The number of likely N-dealkylation sites (tertiary alicyclic amines) is 1. The lowest BCUT2D eigenvalue weighted by Gasteiger charge is -2.34. The van der Waals surface area contributed by atoms with E-state index in [2.05, 4.69) is 15.9 Å². The van der Waals surface area contributed by atoms with Gasteiger partial charge < -0.3 is 14.4 Å². The molecule has 22 heavy (non-hydrogen) atoms. The molecule has 1 heterocycles. The van der Waals surface area contributed by atoms with Crippen molar-refractivity contribution in [1.82, 2.24) is 4.90 Å². The molecule has 1 unspecified atom stereocenters. The van der Waals surface area contributed by atoms with E-state index < -0.39 is 5.60 Å². The fourth-order valence-electron chi connectivity index (χ4n) is 2.28. The molecule has 0 bridgehead atoms. The van der Waals surface area contributed by atoms with Crippen LogP contribution in [-0.4, -0.2) is 35.8 Å². The summed E-state index contributed by atoms with van der Waals surface area (Å²) in [6.07, 6.45) is 1.26. The first-order valence-electron chi connectivity index (χ1n) is 7.34. The van der Waals surface area contributed by atoms with E-state index in [0.29, 0.717) is 23.3 Å². The normalized spacial score (nSPS) is 19.0. The predicted molar refractivity (Wildman–Crippen MR) is 85.6 cm³/mol. The molecular weight excluding hydrogens is 353 g/mol. The van der Waals surface area contributed by atoms with Crippen molar-refractivity contribution in [1.29, 1.82) is 0 Å². The molecule has 0 radical (unpaired) electrons. The van der Waals surface area contributed by atoms with Crippen LogP contribution in [0.4, 0.5) is 9.18 Å². The first-order valence-corrected chi connectivity index (χ1v) is 8.13. The highest BCUT2D eigenvalue weighted by Gasteiger charge is 2.28. The Morgan fingerprint density at radius 1 is 1.41 bits per heavy atom. The number of ether oxygens (including phenoxy) is 2. The highest BCUT2D eigenvalue weighted by molar-refractivity contribution is 9.10. The van der Waals surface area contributed by atoms with Gasteiger partial charge in [-0.05, 0) is 67.7 Å². The first-order chi connectivity index (χ1) is 10.2. The van der Waals surface area contributed by atoms with E-state index in [9.17, 15) is 9.18 Å². The Balaban J connectivity index is 1.97. The number of hydrogen-bond donors (Lipinski definition) is 0. The van der Waals surface area contributed by atoms with Crippen LogP contribution in [-0.2, 0) is 4.74 Å². The third kappa shape index (κ3) is 4.87. The zero-order chi connectivity index (χ0) is 16.3. The lowest BCUT2D eigenvalue weighted by molar-refractivity contribution is 0.00767. The Hall–Kier alpha value is -1.30. The van der Waals surface area contributed by atoms with Crippen molar-refractivity contribution in [2.45, 2.75) is 45.3 Å². The van der Waals surface area contributed by atoms with Crippen LogP contribution in [0.2, 0.25) is 0 Å². The van der Waals surface area contributed by atoms with Crippen molar-refractivity contribution in [2.24, 2.45) is 0 Å². The summed E-state index contributed by atoms with van der Waals surface area (Å²) in [5.74, 6) is 0.260. The SMILES string of the molecule is CC(C)(C)OC(=O)N1CCCC(Oc2ccc(F)cc2Br)C1. The predicted octanol–water partition coefficient (Wildman–Crippen LogP) is 4.37. The molecule has 0 N–H and O–H groups in total. The van der Waals surface area contributed by atoms with E-state index in [1.807, 2.05) is 20.8 Å². The molecule has 1 aliphatic rings. The second-order valence-corrected chi connectivity index (χ2v) is 7.24. The maximum Gasteiger partial charge on any atom is 0.410 e. The summed E-state index contributed by atoms with van der Waals surface area (Å²) < 4.78 is 24.9. The van der Waals surface area contributed by atoms with Gasteiger partial charge >= 0.3 is 6.09 Å². The summed E-state index contributed by atoms with van der Waals surface area (Å²) in [7, 11) is 0. The molecule has 0 saturated carbocycles. The molecule has 0 spiro atoms. The van der Waals surface area contributed by atoms with Gasteiger partial charge in [0.2, 0.25) is 0 Å². The van der Waals surface area contributed by atoms with Crippen LogP contribution in [0.25, 0.3) is 0 Å². The van der Waals surface area contributed by atoms with Crippen molar-refractivity contribution in [3.8, 4) is 5.75 Å². The molecule has 0 aromatic heterocycles. The summed E-state index contributed by atoms with van der Waals surface area (Å²) in [5.41, 5.74) is -0.509. The molecule has 1 aromatic carbocycles. The number of benzene rings is 1. The summed E-state index contributed by atoms with van der Waals surface area (Å²) in [4.78, 5) is 13.8. The Labute approximate surface area is 138 Å². The largest absolute Gasteiger partial charge is 0.487 e. The minimum atomic E-state index is -0.509. The molecule has 6 heteroatoms. The number of halogens is 2. The summed E-state index contributed by atoms with van der Waals surface area (Å²) in [5, 5.41) is 0. The molecule has 2 rings (SSSR count). The lowest BCUT2D eigenvalue weighted by Crippen LogP contribution is -2.46. The maximum absolute atomic E-state index is 13.1. The standard InChI is InChI=1S/C16H21BrFNO3/c1-16(2,3)22-15(20)19-8-4-5-12(10-19)21-14-7-6-11(18)9-13(14)17/h6-7,9,12H,4-5,8,10H2,1-3H3.